The minimum Gasteiger partial charge on any atom is -0.383 e. The van der Waals surface area contributed by atoms with Crippen LogP contribution in [0, 0.1) is 0 Å². The van der Waals surface area contributed by atoms with Crippen LogP contribution in [0.2, 0.25) is 0 Å². The van der Waals surface area contributed by atoms with Crippen LogP contribution in [0.5, 0.6) is 0 Å². The van der Waals surface area contributed by atoms with Crippen LogP contribution in [0.3, 0.4) is 0 Å². The van der Waals surface area contributed by atoms with Crippen molar-refractivity contribution in [2.45, 2.75) is 0 Å². The molecule has 0 aliphatic heterocycles. The first-order chi connectivity index (χ1) is 9.16. The summed E-state index contributed by atoms with van der Waals surface area (Å²) in [5, 5.41) is 0. The van der Waals surface area contributed by atoms with Gasteiger partial charge in [-0.05, 0) is 24.3 Å². The Kier molecular flexibility index (Phi) is 2.59. The fourth-order valence-electron chi connectivity index (χ4n) is 2.03. The van der Waals surface area contributed by atoms with E-state index >= 15 is 0 Å². The predicted molar refractivity (Wildman–Crippen MR) is 77.2 cm³/mol. The lowest BCUT2D eigenvalue weighted by atomic mass is 10.2. The number of hydrogen-bond donors (Lipinski definition) is 1. The Morgan fingerprint density at radius 1 is 1.21 bits per heavy atom. The number of aromatic nitrogens is 3. The van der Waals surface area contributed by atoms with Gasteiger partial charge in [-0.25, -0.2) is 4.98 Å². The minimum absolute atomic E-state index is 0.631. The van der Waals surface area contributed by atoms with Crippen LogP contribution in [0.25, 0.3) is 16.9 Å². The lowest BCUT2D eigenvalue weighted by Crippen LogP contribution is -2.09. The highest BCUT2D eigenvalue weighted by Gasteiger charge is 2.11. The molecule has 3 heterocycles. The van der Waals surface area contributed by atoms with Gasteiger partial charge in [0.05, 0.1) is 5.69 Å². The maximum absolute atomic E-state index is 6.19. The summed E-state index contributed by atoms with van der Waals surface area (Å²) in [6.45, 7) is 0. The van der Waals surface area contributed by atoms with E-state index in [0.29, 0.717) is 5.82 Å². The summed E-state index contributed by atoms with van der Waals surface area (Å²) in [6, 6.07) is 7.82. The molecular weight excluding hydrogens is 238 g/mol. The molecule has 0 fully saturated rings. The van der Waals surface area contributed by atoms with Gasteiger partial charge in [0.15, 0.2) is 0 Å². The van der Waals surface area contributed by atoms with Crippen molar-refractivity contribution < 1.29 is 0 Å². The summed E-state index contributed by atoms with van der Waals surface area (Å²) >= 11 is 0. The molecule has 0 atom stereocenters. The Balaban J connectivity index is 2.21. The van der Waals surface area contributed by atoms with E-state index in [1.54, 1.807) is 12.4 Å². The summed E-state index contributed by atoms with van der Waals surface area (Å²) in [4.78, 5) is 10.7. The zero-order valence-corrected chi connectivity index (χ0v) is 10.9. The van der Waals surface area contributed by atoms with Gasteiger partial charge in [0, 0.05) is 38.2 Å². The van der Waals surface area contributed by atoms with Crippen molar-refractivity contribution in [1.29, 1.82) is 0 Å². The molecule has 0 saturated carbocycles. The van der Waals surface area contributed by atoms with Crippen LogP contribution >= 0.6 is 0 Å². The van der Waals surface area contributed by atoms with Crippen molar-refractivity contribution in [2.24, 2.45) is 0 Å². The normalized spacial score (nSPS) is 10.8. The standard InChI is InChI=1S/C14H15N5/c1-18(2)11-5-6-12-17-13(14(15)19(12)9-11)10-4-3-7-16-8-10/h3-9H,15H2,1-2H3. The first-order valence-corrected chi connectivity index (χ1v) is 6.02. The van der Waals surface area contributed by atoms with Crippen LogP contribution < -0.4 is 10.6 Å². The number of rotatable bonds is 2. The number of imidazole rings is 1. The van der Waals surface area contributed by atoms with Gasteiger partial charge in [-0.15, -0.1) is 0 Å². The smallest absolute Gasteiger partial charge is 0.139 e. The van der Waals surface area contributed by atoms with E-state index in [1.807, 2.05) is 53.9 Å². The molecular formula is C14H15N5. The monoisotopic (exact) mass is 253 g/mol. The molecule has 96 valence electrons. The van der Waals surface area contributed by atoms with E-state index in [2.05, 4.69) is 9.97 Å². The summed E-state index contributed by atoms with van der Waals surface area (Å²) in [5.74, 6) is 0.631. The summed E-state index contributed by atoms with van der Waals surface area (Å²) < 4.78 is 1.90. The zero-order valence-electron chi connectivity index (χ0n) is 10.9. The Labute approximate surface area is 111 Å². The Morgan fingerprint density at radius 2 is 2.05 bits per heavy atom. The average molecular weight is 253 g/mol. The molecule has 2 N–H and O–H groups in total. The number of nitrogens with two attached hydrogens (primary N) is 1. The van der Waals surface area contributed by atoms with Crippen molar-refractivity contribution in [3.05, 3.63) is 42.9 Å². The second kappa shape index (κ2) is 4.28. The molecule has 0 amide bonds. The van der Waals surface area contributed by atoms with Gasteiger partial charge in [0.1, 0.15) is 17.2 Å². The van der Waals surface area contributed by atoms with E-state index in [4.69, 9.17) is 5.73 Å². The van der Waals surface area contributed by atoms with Gasteiger partial charge in [-0.2, -0.15) is 0 Å². The van der Waals surface area contributed by atoms with Gasteiger partial charge in [0.25, 0.3) is 0 Å². The number of nitrogens with zero attached hydrogens (tertiary/aromatic N) is 4. The molecule has 0 aliphatic rings. The minimum atomic E-state index is 0.631. The van der Waals surface area contributed by atoms with E-state index in [-0.39, 0.29) is 0 Å². The number of nitrogen functional groups attached to an aromatic ring is 1. The fraction of sp³-hybridized carbons (Fsp3) is 0.143. The molecule has 0 bridgehead atoms. The zero-order chi connectivity index (χ0) is 13.4. The molecule has 0 spiro atoms. The number of hydrogen-bond acceptors (Lipinski definition) is 4. The van der Waals surface area contributed by atoms with Crippen molar-refractivity contribution in [3.8, 4) is 11.3 Å². The van der Waals surface area contributed by atoms with Gasteiger partial charge in [-0.3, -0.25) is 9.38 Å². The largest absolute Gasteiger partial charge is 0.383 e. The van der Waals surface area contributed by atoms with Crippen molar-refractivity contribution in [1.82, 2.24) is 14.4 Å². The molecule has 0 unspecified atom stereocenters. The maximum atomic E-state index is 6.19. The molecule has 5 nitrogen and oxygen atoms in total. The predicted octanol–water partition coefficient (Wildman–Crippen LogP) is 2.04. The summed E-state index contributed by atoms with van der Waals surface area (Å²) in [6.07, 6.45) is 5.49. The molecule has 0 aliphatic carbocycles. The fourth-order valence-corrected chi connectivity index (χ4v) is 2.03. The number of anilines is 2. The molecule has 5 heteroatoms. The van der Waals surface area contributed by atoms with Crippen LogP contribution in [-0.2, 0) is 0 Å². The van der Waals surface area contributed by atoms with E-state index < -0.39 is 0 Å². The lowest BCUT2D eigenvalue weighted by molar-refractivity contribution is 1.09. The van der Waals surface area contributed by atoms with E-state index in [9.17, 15) is 0 Å². The molecule has 3 aromatic heterocycles. The first kappa shape index (κ1) is 11.5. The van der Waals surface area contributed by atoms with Crippen molar-refractivity contribution in [2.75, 3.05) is 24.7 Å². The Bertz CT molecular complexity index is 715. The van der Waals surface area contributed by atoms with Crippen LogP contribution in [0.15, 0.2) is 42.9 Å². The SMILES string of the molecule is CN(C)c1ccc2nc(-c3cccnc3)c(N)n2c1. The van der Waals surface area contributed by atoms with Crippen LogP contribution in [0.1, 0.15) is 0 Å². The number of fused-ring (bicyclic) bond motifs is 1. The lowest BCUT2D eigenvalue weighted by Gasteiger charge is -2.12. The quantitative estimate of drug-likeness (QED) is 0.759. The maximum Gasteiger partial charge on any atom is 0.139 e. The van der Waals surface area contributed by atoms with Crippen LogP contribution in [-0.4, -0.2) is 28.5 Å². The Morgan fingerprint density at radius 3 is 2.74 bits per heavy atom. The highest BCUT2D eigenvalue weighted by Crippen LogP contribution is 2.27. The second-order valence-electron chi connectivity index (χ2n) is 4.60. The first-order valence-electron chi connectivity index (χ1n) is 6.02. The number of pyridine rings is 2. The highest BCUT2D eigenvalue weighted by molar-refractivity contribution is 5.75. The van der Waals surface area contributed by atoms with E-state index in [0.717, 1.165) is 22.6 Å². The van der Waals surface area contributed by atoms with Gasteiger partial charge in [0.2, 0.25) is 0 Å². The van der Waals surface area contributed by atoms with Crippen LogP contribution in [0.4, 0.5) is 11.5 Å². The van der Waals surface area contributed by atoms with Gasteiger partial charge in [-0.1, -0.05) is 0 Å². The topological polar surface area (TPSA) is 59.5 Å². The van der Waals surface area contributed by atoms with Gasteiger partial charge < -0.3 is 10.6 Å². The molecule has 0 aromatic carbocycles. The molecule has 19 heavy (non-hydrogen) atoms. The summed E-state index contributed by atoms with van der Waals surface area (Å²) in [7, 11) is 3.99. The molecule has 0 saturated heterocycles. The second-order valence-corrected chi connectivity index (χ2v) is 4.60. The summed E-state index contributed by atoms with van der Waals surface area (Å²) in [5.41, 5.74) is 9.80. The van der Waals surface area contributed by atoms with Crippen molar-refractivity contribution >= 4 is 17.2 Å². The van der Waals surface area contributed by atoms with Gasteiger partial charge >= 0.3 is 0 Å². The average Bonchev–Trinajstić information content (AvgIpc) is 2.77. The van der Waals surface area contributed by atoms with E-state index in [1.165, 1.54) is 0 Å². The van der Waals surface area contributed by atoms with Crippen molar-refractivity contribution in [3.63, 3.8) is 0 Å². The molecule has 3 aromatic rings. The third-order valence-corrected chi connectivity index (χ3v) is 3.09. The molecule has 3 rings (SSSR count). The molecule has 0 radical (unpaired) electrons. The third kappa shape index (κ3) is 1.89. The Hall–Kier alpha value is -2.56. The third-order valence-electron chi connectivity index (χ3n) is 3.09. The highest BCUT2D eigenvalue weighted by atomic mass is 15.1.